The number of hydrogen-bond donors (Lipinski definition) is 0. The Bertz CT molecular complexity index is 393. The number of rotatable bonds is 7. The SMILES string of the molecule is CCC(C)=C/C=C\C(OC(F)F)=C(/C)C1(SC)CC1. The molecule has 0 aliphatic heterocycles. The third-order valence-corrected chi connectivity index (χ3v) is 5.05. The Labute approximate surface area is 118 Å². The van der Waals surface area contributed by atoms with E-state index in [-0.39, 0.29) is 4.75 Å². The molecule has 1 aliphatic carbocycles. The number of alkyl halides is 2. The van der Waals surface area contributed by atoms with Crippen LogP contribution in [0.2, 0.25) is 0 Å². The number of halogens is 2. The first kappa shape index (κ1) is 16.3. The summed E-state index contributed by atoms with van der Waals surface area (Å²) in [6.07, 6.45) is 10.4. The standard InChI is InChI=1S/C15H22F2OS/c1-5-11(2)7-6-8-13(18-14(16)17)12(3)15(19-4)9-10-15/h6-8,14H,5,9-10H2,1-4H3/b8-6-,11-7?,13-12-. The lowest BCUT2D eigenvalue weighted by Gasteiger charge is -2.17. The van der Waals surface area contributed by atoms with E-state index in [0.717, 1.165) is 24.8 Å². The van der Waals surface area contributed by atoms with Crippen LogP contribution in [0.1, 0.15) is 40.0 Å². The topological polar surface area (TPSA) is 9.23 Å². The highest BCUT2D eigenvalue weighted by Gasteiger charge is 2.45. The maximum atomic E-state index is 12.5. The quantitative estimate of drug-likeness (QED) is 0.464. The lowest BCUT2D eigenvalue weighted by molar-refractivity contribution is -0.0930. The van der Waals surface area contributed by atoms with Crippen LogP contribution < -0.4 is 0 Å². The van der Waals surface area contributed by atoms with Gasteiger partial charge in [-0.3, -0.25) is 0 Å². The Balaban J connectivity index is 2.92. The van der Waals surface area contributed by atoms with Crippen molar-refractivity contribution in [2.45, 2.75) is 51.4 Å². The van der Waals surface area contributed by atoms with E-state index >= 15 is 0 Å². The molecule has 0 radical (unpaired) electrons. The molecule has 1 rings (SSSR count). The van der Waals surface area contributed by atoms with Crippen molar-refractivity contribution >= 4 is 11.8 Å². The Morgan fingerprint density at radius 1 is 1.37 bits per heavy atom. The Kier molecular flexibility index (Phi) is 6.11. The van der Waals surface area contributed by atoms with Crippen molar-refractivity contribution in [3.05, 3.63) is 35.1 Å². The highest BCUT2D eigenvalue weighted by Crippen LogP contribution is 2.53. The summed E-state index contributed by atoms with van der Waals surface area (Å²) in [5.74, 6) is 0.307. The summed E-state index contributed by atoms with van der Waals surface area (Å²) in [7, 11) is 0. The molecule has 0 aromatic rings. The molecule has 1 aliphatic rings. The predicted molar refractivity (Wildman–Crippen MR) is 78.5 cm³/mol. The van der Waals surface area contributed by atoms with E-state index in [1.165, 1.54) is 5.57 Å². The van der Waals surface area contributed by atoms with Gasteiger partial charge in [0, 0.05) is 4.75 Å². The van der Waals surface area contributed by atoms with Crippen LogP contribution in [0, 0.1) is 0 Å². The van der Waals surface area contributed by atoms with Crippen LogP contribution in [0.5, 0.6) is 0 Å². The van der Waals surface area contributed by atoms with E-state index in [1.54, 1.807) is 23.9 Å². The molecule has 0 N–H and O–H groups in total. The summed E-state index contributed by atoms with van der Waals surface area (Å²) in [6.45, 7) is 3.19. The Morgan fingerprint density at radius 3 is 2.42 bits per heavy atom. The minimum atomic E-state index is -2.77. The first-order valence-corrected chi connectivity index (χ1v) is 7.73. The van der Waals surface area contributed by atoms with Gasteiger partial charge in [0.15, 0.2) is 0 Å². The third-order valence-electron chi connectivity index (χ3n) is 3.55. The molecule has 0 heterocycles. The van der Waals surface area contributed by atoms with Crippen LogP contribution in [0.3, 0.4) is 0 Å². The maximum Gasteiger partial charge on any atom is 0.387 e. The van der Waals surface area contributed by atoms with Crippen LogP contribution in [0.4, 0.5) is 8.78 Å². The molecule has 0 unspecified atom stereocenters. The zero-order chi connectivity index (χ0) is 14.5. The van der Waals surface area contributed by atoms with E-state index in [2.05, 4.69) is 11.7 Å². The molecule has 0 aromatic carbocycles. The van der Waals surface area contributed by atoms with Gasteiger partial charge in [0.1, 0.15) is 5.76 Å². The summed E-state index contributed by atoms with van der Waals surface area (Å²) >= 11 is 1.71. The van der Waals surface area contributed by atoms with Crippen molar-refractivity contribution in [1.82, 2.24) is 0 Å². The van der Waals surface area contributed by atoms with E-state index in [1.807, 2.05) is 26.2 Å². The van der Waals surface area contributed by atoms with Gasteiger partial charge in [-0.25, -0.2) is 0 Å². The second kappa shape index (κ2) is 7.13. The van der Waals surface area contributed by atoms with Gasteiger partial charge in [-0.1, -0.05) is 24.6 Å². The largest absolute Gasteiger partial charge is 0.435 e. The molecule has 0 spiro atoms. The van der Waals surface area contributed by atoms with Crippen molar-refractivity contribution in [3.63, 3.8) is 0 Å². The molecule has 0 amide bonds. The fourth-order valence-electron chi connectivity index (χ4n) is 1.84. The molecule has 1 fully saturated rings. The molecule has 108 valence electrons. The van der Waals surface area contributed by atoms with Crippen LogP contribution in [0.25, 0.3) is 0 Å². The van der Waals surface area contributed by atoms with Crippen molar-refractivity contribution in [1.29, 1.82) is 0 Å². The van der Waals surface area contributed by atoms with Gasteiger partial charge in [-0.05, 0) is 51.0 Å². The van der Waals surface area contributed by atoms with Crippen molar-refractivity contribution in [2.24, 2.45) is 0 Å². The smallest absolute Gasteiger partial charge is 0.387 e. The average Bonchev–Trinajstić information content (AvgIpc) is 3.17. The van der Waals surface area contributed by atoms with Crippen LogP contribution in [-0.4, -0.2) is 17.6 Å². The van der Waals surface area contributed by atoms with E-state index in [4.69, 9.17) is 0 Å². The monoisotopic (exact) mass is 288 g/mol. The predicted octanol–water partition coefficient (Wildman–Crippen LogP) is 5.31. The summed E-state index contributed by atoms with van der Waals surface area (Å²) in [6, 6.07) is 0. The Hall–Kier alpha value is -0.770. The first-order chi connectivity index (χ1) is 8.95. The highest BCUT2D eigenvalue weighted by atomic mass is 32.2. The fourth-order valence-corrected chi connectivity index (χ4v) is 2.75. The third kappa shape index (κ3) is 4.68. The maximum absolute atomic E-state index is 12.5. The minimum absolute atomic E-state index is 0.0120. The molecule has 0 bridgehead atoms. The summed E-state index contributed by atoms with van der Waals surface area (Å²) in [5.41, 5.74) is 2.12. The van der Waals surface area contributed by atoms with Gasteiger partial charge < -0.3 is 4.74 Å². The minimum Gasteiger partial charge on any atom is -0.435 e. The number of hydrogen-bond acceptors (Lipinski definition) is 2. The second-order valence-electron chi connectivity index (χ2n) is 4.79. The van der Waals surface area contributed by atoms with Gasteiger partial charge >= 0.3 is 6.61 Å². The van der Waals surface area contributed by atoms with Gasteiger partial charge in [-0.2, -0.15) is 20.5 Å². The summed E-state index contributed by atoms with van der Waals surface area (Å²) in [4.78, 5) is 0. The summed E-state index contributed by atoms with van der Waals surface area (Å²) < 4.78 is 29.7. The van der Waals surface area contributed by atoms with Gasteiger partial charge in [0.2, 0.25) is 0 Å². The molecule has 0 aromatic heterocycles. The van der Waals surface area contributed by atoms with E-state index in [0.29, 0.717) is 5.76 Å². The lowest BCUT2D eigenvalue weighted by atomic mass is 10.1. The molecular formula is C15H22F2OS. The highest BCUT2D eigenvalue weighted by molar-refractivity contribution is 8.00. The van der Waals surface area contributed by atoms with Crippen LogP contribution in [0.15, 0.2) is 35.1 Å². The fraction of sp³-hybridized carbons (Fsp3) is 0.600. The van der Waals surface area contributed by atoms with E-state index in [9.17, 15) is 8.78 Å². The van der Waals surface area contributed by atoms with E-state index < -0.39 is 6.61 Å². The number of ether oxygens (including phenoxy) is 1. The zero-order valence-electron chi connectivity index (χ0n) is 12.0. The summed E-state index contributed by atoms with van der Waals surface area (Å²) in [5, 5.41) is 0. The molecule has 19 heavy (non-hydrogen) atoms. The van der Waals surface area contributed by atoms with Crippen molar-refractivity contribution in [2.75, 3.05) is 6.26 Å². The van der Waals surface area contributed by atoms with Crippen LogP contribution in [-0.2, 0) is 4.74 Å². The first-order valence-electron chi connectivity index (χ1n) is 6.50. The molecule has 0 saturated heterocycles. The normalized spacial score (nSPS) is 19.8. The zero-order valence-corrected chi connectivity index (χ0v) is 12.8. The molecule has 0 atom stereocenters. The lowest BCUT2D eigenvalue weighted by Crippen LogP contribution is -2.10. The van der Waals surface area contributed by atoms with Gasteiger partial charge in [0.25, 0.3) is 0 Å². The average molecular weight is 288 g/mol. The van der Waals surface area contributed by atoms with Crippen molar-refractivity contribution < 1.29 is 13.5 Å². The van der Waals surface area contributed by atoms with Gasteiger partial charge in [0.05, 0.1) is 0 Å². The molecule has 1 saturated carbocycles. The number of allylic oxidation sites excluding steroid dienone is 4. The molecule has 4 heteroatoms. The molecular weight excluding hydrogens is 266 g/mol. The number of thioether (sulfide) groups is 1. The second-order valence-corrected chi connectivity index (χ2v) is 5.98. The van der Waals surface area contributed by atoms with Crippen LogP contribution >= 0.6 is 11.8 Å². The van der Waals surface area contributed by atoms with Crippen molar-refractivity contribution in [3.8, 4) is 0 Å². The molecule has 1 nitrogen and oxygen atoms in total. The van der Waals surface area contributed by atoms with Gasteiger partial charge in [-0.15, -0.1) is 0 Å². The Morgan fingerprint density at radius 2 is 2.00 bits per heavy atom.